The number of aromatic amines is 1. The zero-order valence-electron chi connectivity index (χ0n) is 16.0. The lowest BCUT2D eigenvalue weighted by Gasteiger charge is -2.11. The Hall–Kier alpha value is -3.85. The maximum absolute atomic E-state index is 12.9. The van der Waals surface area contributed by atoms with E-state index in [-0.39, 0.29) is 5.91 Å². The summed E-state index contributed by atoms with van der Waals surface area (Å²) in [5.74, 6) is 0.245. The number of anilines is 2. The normalized spacial score (nSPS) is 11.1. The third kappa shape index (κ3) is 3.46. The maximum atomic E-state index is 12.9. The van der Waals surface area contributed by atoms with Crippen molar-refractivity contribution in [3.63, 3.8) is 0 Å². The Balaban J connectivity index is 1.36. The van der Waals surface area contributed by atoms with Gasteiger partial charge in [-0.1, -0.05) is 0 Å². The summed E-state index contributed by atoms with van der Waals surface area (Å²) in [5.41, 5.74) is 3.61. The van der Waals surface area contributed by atoms with Crippen LogP contribution in [0.3, 0.4) is 0 Å². The molecule has 148 valence electrons. The van der Waals surface area contributed by atoms with Gasteiger partial charge in [0.2, 0.25) is 0 Å². The van der Waals surface area contributed by atoms with Gasteiger partial charge < -0.3 is 15.6 Å². The summed E-state index contributed by atoms with van der Waals surface area (Å²) in [4.78, 5) is 33.3. The lowest BCUT2D eigenvalue weighted by Crippen LogP contribution is -2.16. The second-order valence-electron chi connectivity index (χ2n) is 6.68. The molecule has 0 fully saturated rings. The zero-order valence-corrected chi connectivity index (χ0v) is 16.8. The summed E-state index contributed by atoms with van der Waals surface area (Å²) in [6, 6.07) is 11.1. The minimum Gasteiger partial charge on any atom is -0.364 e. The van der Waals surface area contributed by atoms with E-state index in [1.54, 1.807) is 29.7 Å². The van der Waals surface area contributed by atoms with Crippen LogP contribution in [0.5, 0.6) is 0 Å². The highest BCUT2D eigenvalue weighted by Gasteiger charge is 2.14. The van der Waals surface area contributed by atoms with Crippen molar-refractivity contribution in [2.24, 2.45) is 0 Å². The summed E-state index contributed by atoms with van der Waals surface area (Å²) < 4.78 is 1.09. The molecular formula is C21H17N7OS. The number of amides is 1. The number of benzene rings is 1. The van der Waals surface area contributed by atoms with E-state index < -0.39 is 0 Å². The first kappa shape index (κ1) is 18.2. The lowest BCUT2D eigenvalue weighted by atomic mass is 10.2. The highest BCUT2D eigenvalue weighted by Crippen LogP contribution is 2.25. The zero-order chi connectivity index (χ0) is 20.5. The van der Waals surface area contributed by atoms with Crippen molar-refractivity contribution in [3.8, 4) is 0 Å². The summed E-state index contributed by atoms with van der Waals surface area (Å²) in [7, 11) is 0. The largest absolute Gasteiger partial charge is 0.364 e. The number of aryl methyl sites for hydroxylation is 1. The average Bonchev–Trinajstić information content (AvgIpc) is 3.38. The Morgan fingerprint density at radius 3 is 3.03 bits per heavy atom. The molecule has 5 aromatic rings. The molecule has 30 heavy (non-hydrogen) atoms. The predicted octanol–water partition coefficient (Wildman–Crippen LogP) is 4.14. The molecule has 4 heterocycles. The van der Waals surface area contributed by atoms with E-state index in [4.69, 9.17) is 0 Å². The number of carbonyl (C=O) groups excluding carboxylic acids is 1. The van der Waals surface area contributed by atoms with Crippen LogP contribution in [0, 0.1) is 6.92 Å². The van der Waals surface area contributed by atoms with Crippen molar-refractivity contribution in [2.45, 2.75) is 13.5 Å². The van der Waals surface area contributed by atoms with E-state index in [0.717, 1.165) is 32.0 Å². The lowest BCUT2D eigenvalue weighted by molar-refractivity contribution is 0.102. The van der Waals surface area contributed by atoms with Crippen molar-refractivity contribution in [3.05, 3.63) is 71.4 Å². The van der Waals surface area contributed by atoms with Gasteiger partial charge in [0.15, 0.2) is 0 Å². The van der Waals surface area contributed by atoms with Gasteiger partial charge in [0.25, 0.3) is 5.91 Å². The van der Waals surface area contributed by atoms with Crippen molar-refractivity contribution in [1.29, 1.82) is 0 Å². The van der Waals surface area contributed by atoms with Crippen molar-refractivity contribution >= 4 is 50.0 Å². The number of thiazole rings is 1. The van der Waals surface area contributed by atoms with E-state index in [1.165, 1.54) is 6.33 Å². The standard InChI is InChI=1S/C21H17N7OS/c1-12-27-16-9-13(4-5-18(16)30-12)28-21(29)15-3-2-7-22-20(15)24-10-17-14-6-8-23-19(14)26-11-25-17/h2-9,11H,10H2,1H3,(H,22,24)(H,28,29)(H,23,25,26). The van der Waals surface area contributed by atoms with E-state index in [0.29, 0.717) is 23.6 Å². The van der Waals surface area contributed by atoms with Crippen LogP contribution in [-0.2, 0) is 6.54 Å². The maximum Gasteiger partial charge on any atom is 0.259 e. The number of hydrogen-bond donors (Lipinski definition) is 3. The van der Waals surface area contributed by atoms with Crippen LogP contribution >= 0.6 is 11.3 Å². The van der Waals surface area contributed by atoms with Crippen LogP contribution < -0.4 is 10.6 Å². The molecule has 9 heteroatoms. The summed E-state index contributed by atoms with van der Waals surface area (Å²) in [5, 5.41) is 8.09. The molecule has 0 saturated heterocycles. The quantitative estimate of drug-likeness (QED) is 0.398. The smallest absolute Gasteiger partial charge is 0.259 e. The van der Waals surface area contributed by atoms with Crippen LogP contribution in [0.4, 0.5) is 11.5 Å². The number of nitrogens with zero attached hydrogens (tertiary/aromatic N) is 4. The van der Waals surface area contributed by atoms with Crippen LogP contribution in [0.15, 0.2) is 55.1 Å². The summed E-state index contributed by atoms with van der Waals surface area (Å²) in [6.45, 7) is 2.38. The van der Waals surface area contributed by atoms with Crippen molar-refractivity contribution < 1.29 is 4.79 Å². The van der Waals surface area contributed by atoms with Gasteiger partial charge in [-0.05, 0) is 43.3 Å². The molecule has 0 aliphatic heterocycles. The second-order valence-corrected chi connectivity index (χ2v) is 7.92. The highest BCUT2D eigenvalue weighted by atomic mass is 32.1. The third-order valence-electron chi connectivity index (χ3n) is 4.66. The van der Waals surface area contributed by atoms with E-state index in [1.807, 2.05) is 37.4 Å². The molecule has 8 nitrogen and oxygen atoms in total. The first-order valence-corrected chi connectivity index (χ1v) is 10.1. The van der Waals surface area contributed by atoms with Crippen LogP contribution in [-0.4, -0.2) is 30.8 Å². The first-order chi connectivity index (χ1) is 14.7. The Morgan fingerprint density at radius 2 is 2.10 bits per heavy atom. The molecule has 0 aliphatic rings. The van der Waals surface area contributed by atoms with E-state index in [2.05, 4.69) is 35.6 Å². The molecule has 0 spiro atoms. The molecule has 3 N–H and O–H groups in total. The summed E-state index contributed by atoms with van der Waals surface area (Å²) in [6.07, 6.45) is 4.98. The monoisotopic (exact) mass is 415 g/mol. The third-order valence-corrected chi connectivity index (χ3v) is 5.62. The van der Waals surface area contributed by atoms with Gasteiger partial charge in [-0.3, -0.25) is 4.79 Å². The number of fused-ring (bicyclic) bond motifs is 2. The topological polar surface area (TPSA) is 108 Å². The Kier molecular flexibility index (Phi) is 4.56. The molecule has 0 bridgehead atoms. The molecule has 4 aromatic heterocycles. The van der Waals surface area contributed by atoms with Crippen LogP contribution in [0.1, 0.15) is 21.1 Å². The number of nitrogens with one attached hydrogen (secondary N) is 3. The molecule has 0 radical (unpaired) electrons. The Labute approximate surface area is 175 Å². The SMILES string of the molecule is Cc1nc2cc(NC(=O)c3cccnc3NCc3ncnc4[nH]ccc34)ccc2s1. The van der Waals surface area contributed by atoms with Gasteiger partial charge in [0.05, 0.1) is 33.0 Å². The van der Waals surface area contributed by atoms with Gasteiger partial charge in [0, 0.05) is 23.5 Å². The molecule has 5 rings (SSSR count). The van der Waals surface area contributed by atoms with Crippen molar-refractivity contribution in [2.75, 3.05) is 10.6 Å². The number of rotatable bonds is 5. The van der Waals surface area contributed by atoms with Gasteiger partial charge >= 0.3 is 0 Å². The molecule has 1 aromatic carbocycles. The molecule has 1 amide bonds. The molecule has 0 atom stereocenters. The van der Waals surface area contributed by atoms with Crippen molar-refractivity contribution in [1.82, 2.24) is 24.9 Å². The van der Waals surface area contributed by atoms with Gasteiger partial charge in [-0.15, -0.1) is 11.3 Å². The number of H-pyrrole nitrogens is 1. The van der Waals surface area contributed by atoms with Gasteiger partial charge in [-0.25, -0.2) is 19.9 Å². The Morgan fingerprint density at radius 1 is 1.17 bits per heavy atom. The average molecular weight is 415 g/mol. The van der Waals surface area contributed by atoms with Gasteiger partial charge in [0.1, 0.15) is 17.8 Å². The minimum atomic E-state index is -0.244. The number of aromatic nitrogens is 5. The number of pyridine rings is 1. The van der Waals surface area contributed by atoms with Crippen LogP contribution in [0.2, 0.25) is 0 Å². The van der Waals surface area contributed by atoms with E-state index >= 15 is 0 Å². The number of hydrogen-bond acceptors (Lipinski definition) is 7. The fourth-order valence-electron chi connectivity index (χ4n) is 3.28. The van der Waals surface area contributed by atoms with Gasteiger partial charge in [-0.2, -0.15) is 0 Å². The summed E-state index contributed by atoms with van der Waals surface area (Å²) >= 11 is 1.63. The molecule has 0 aliphatic carbocycles. The fraction of sp³-hybridized carbons (Fsp3) is 0.0952. The molecule has 0 saturated carbocycles. The minimum absolute atomic E-state index is 0.244. The highest BCUT2D eigenvalue weighted by molar-refractivity contribution is 7.18. The second kappa shape index (κ2) is 7.53. The van der Waals surface area contributed by atoms with E-state index in [9.17, 15) is 4.79 Å². The molecule has 0 unspecified atom stereocenters. The first-order valence-electron chi connectivity index (χ1n) is 9.32. The molecular weight excluding hydrogens is 398 g/mol. The van der Waals surface area contributed by atoms with Crippen LogP contribution in [0.25, 0.3) is 21.3 Å². The fourth-order valence-corrected chi connectivity index (χ4v) is 4.09. The Bertz CT molecular complexity index is 1370. The number of carbonyl (C=O) groups is 1. The predicted molar refractivity (Wildman–Crippen MR) is 118 cm³/mol.